The topological polar surface area (TPSA) is 50.4 Å². The van der Waals surface area contributed by atoms with Crippen molar-refractivity contribution in [1.82, 2.24) is 10.6 Å². The maximum Gasteiger partial charge on any atom is 0.224 e. The lowest BCUT2D eigenvalue weighted by atomic mass is 9.85. The monoisotopic (exact) mass is 338 g/mol. The first-order valence-corrected chi connectivity index (χ1v) is 8.36. The molecule has 0 aromatic heterocycles. The number of hydrogen-bond acceptors (Lipinski definition) is 3. The maximum atomic E-state index is 12.4. The van der Waals surface area contributed by atoms with E-state index >= 15 is 0 Å². The van der Waals surface area contributed by atoms with E-state index in [0.717, 1.165) is 30.6 Å². The fourth-order valence-corrected chi connectivity index (χ4v) is 3.79. The van der Waals surface area contributed by atoms with E-state index in [4.69, 9.17) is 4.74 Å². The zero-order chi connectivity index (χ0) is 15.6. The summed E-state index contributed by atoms with van der Waals surface area (Å²) in [6, 6.07) is 8.20. The third kappa shape index (κ3) is 3.81. The summed E-state index contributed by atoms with van der Waals surface area (Å²) in [7, 11) is 1.88. The first-order valence-electron chi connectivity index (χ1n) is 8.36. The Morgan fingerprint density at radius 1 is 1.35 bits per heavy atom. The average Bonchev–Trinajstić information content (AvgIpc) is 2.95. The molecule has 1 fully saturated rings. The van der Waals surface area contributed by atoms with Crippen molar-refractivity contribution in [1.29, 1.82) is 0 Å². The molecule has 2 aliphatic rings. The van der Waals surface area contributed by atoms with Gasteiger partial charge in [0.25, 0.3) is 0 Å². The number of carbonyl (C=O) groups excluding carboxylic acids is 1. The van der Waals surface area contributed by atoms with E-state index in [0.29, 0.717) is 6.54 Å². The molecule has 0 saturated heterocycles. The number of para-hydroxylation sites is 1. The highest BCUT2D eigenvalue weighted by atomic mass is 35.5. The third-order valence-corrected chi connectivity index (χ3v) is 4.99. The number of nitrogens with one attached hydrogen (secondary N) is 2. The van der Waals surface area contributed by atoms with Gasteiger partial charge in [0.2, 0.25) is 5.91 Å². The van der Waals surface area contributed by atoms with Crippen molar-refractivity contribution in [3.63, 3.8) is 0 Å². The van der Waals surface area contributed by atoms with Gasteiger partial charge in [-0.3, -0.25) is 4.79 Å². The van der Waals surface area contributed by atoms with Gasteiger partial charge in [0, 0.05) is 24.4 Å². The van der Waals surface area contributed by atoms with Crippen LogP contribution in [0.15, 0.2) is 24.3 Å². The lowest BCUT2D eigenvalue weighted by Crippen LogP contribution is -2.45. The number of rotatable bonds is 4. The molecule has 4 nitrogen and oxygen atoms in total. The highest BCUT2D eigenvalue weighted by molar-refractivity contribution is 5.85. The van der Waals surface area contributed by atoms with Crippen LogP contribution in [0.4, 0.5) is 0 Å². The third-order valence-electron chi connectivity index (χ3n) is 4.99. The summed E-state index contributed by atoms with van der Waals surface area (Å²) < 4.78 is 6.34. The Labute approximate surface area is 144 Å². The van der Waals surface area contributed by atoms with Gasteiger partial charge >= 0.3 is 0 Å². The first-order chi connectivity index (χ1) is 10.6. The molecule has 1 aliphatic heterocycles. The molecule has 2 unspecified atom stereocenters. The van der Waals surface area contributed by atoms with Crippen LogP contribution in [-0.2, 0) is 4.79 Å². The molecule has 23 heavy (non-hydrogen) atoms. The number of carbonyl (C=O) groups is 1. The van der Waals surface area contributed by atoms with Crippen LogP contribution in [0.25, 0.3) is 0 Å². The summed E-state index contributed by atoms with van der Waals surface area (Å²) in [5.41, 5.74) is 1.04. The highest BCUT2D eigenvalue weighted by Crippen LogP contribution is 2.46. The van der Waals surface area contributed by atoms with Crippen LogP contribution in [0.1, 0.15) is 50.6 Å². The molecule has 3 rings (SSSR count). The van der Waals surface area contributed by atoms with E-state index < -0.39 is 0 Å². The molecule has 5 heteroatoms. The molecule has 0 radical (unpaired) electrons. The standard InChI is InChI=1S/C18H26N2O2.ClH/c1-13(12-19-2)17(21)20-15-11-18(9-5-6-10-18)22-16-8-4-3-7-14(15)16;/h3-4,7-8,13,15,19H,5-6,9-12H2,1-2H3,(H,20,21);1H. The van der Waals surface area contributed by atoms with E-state index in [1.165, 1.54) is 12.8 Å². The molecule has 2 atom stereocenters. The Kier molecular flexibility index (Phi) is 5.93. The van der Waals surface area contributed by atoms with Gasteiger partial charge in [0.1, 0.15) is 11.4 Å². The predicted octanol–water partition coefficient (Wildman–Crippen LogP) is 3.22. The molecule has 1 aromatic rings. The molecular formula is C18H27ClN2O2. The minimum absolute atomic E-state index is 0. The largest absolute Gasteiger partial charge is 0.487 e. The van der Waals surface area contributed by atoms with Crippen LogP contribution in [0.5, 0.6) is 5.75 Å². The van der Waals surface area contributed by atoms with Gasteiger partial charge < -0.3 is 15.4 Å². The van der Waals surface area contributed by atoms with Crippen LogP contribution in [0.2, 0.25) is 0 Å². The molecular weight excluding hydrogens is 312 g/mol. The summed E-state index contributed by atoms with van der Waals surface area (Å²) in [4.78, 5) is 12.4. The van der Waals surface area contributed by atoms with E-state index in [9.17, 15) is 4.79 Å². The molecule has 1 spiro atoms. The Hall–Kier alpha value is -1.26. The smallest absolute Gasteiger partial charge is 0.224 e. The normalized spacial score (nSPS) is 22.6. The van der Waals surface area contributed by atoms with E-state index in [1.807, 2.05) is 32.2 Å². The summed E-state index contributed by atoms with van der Waals surface area (Å²) in [6.45, 7) is 2.66. The second-order valence-corrected chi connectivity index (χ2v) is 6.75. The van der Waals surface area contributed by atoms with Gasteiger partial charge in [0.05, 0.1) is 6.04 Å². The molecule has 128 valence electrons. The fraction of sp³-hybridized carbons (Fsp3) is 0.611. The van der Waals surface area contributed by atoms with Crippen molar-refractivity contribution >= 4 is 18.3 Å². The van der Waals surface area contributed by atoms with Crippen molar-refractivity contribution in [2.45, 2.75) is 50.7 Å². The van der Waals surface area contributed by atoms with Gasteiger partial charge in [0.15, 0.2) is 0 Å². The van der Waals surface area contributed by atoms with Crippen molar-refractivity contribution in [2.24, 2.45) is 5.92 Å². The van der Waals surface area contributed by atoms with Gasteiger partial charge in [-0.25, -0.2) is 0 Å². The number of ether oxygens (including phenoxy) is 1. The zero-order valence-electron chi connectivity index (χ0n) is 13.9. The fourth-order valence-electron chi connectivity index (χ4n) is 3.79. The highest BCUT2D eigenvalue weighted by Gasteiger charge is 2.43. The lowest BCUT2D eigenvalue weighted by molar-refractivity contribution is -0.125. The van der Waals surface area contributed by atoms with Crippen molar-refractivity contribution < 1.29 is 9.53 Å². The summed E-state index contributed by atoms with van der Waals surface area (Å²) in [5.74, 6) is 1.03. The van der Waals surface area contributed by atoms with Crippen molar-refractivity contribution in [3.05, 3.63) is 29.8 Å². The molecule has 1 saturated carbocycles. The van der Waals surface area contributed by atoms with Crippen LogP contribution >= 0.6 is 12.4 Å². The van der Waals surface area contributed by atoms with Gasteiger partial charge in [-0.1, -0.05) is 25.1 Å². The molecule has 1 aromatic carbocycles. The van der Waals surface area contributed by atoms with Crippen molar-refractivity contribution in [3.8, 4) is 5.75 Å². The van der Waals surface area contributed by atoms with E-state index in [2.05, 4.69) is 16.7 Å². The quantitative estimate of drug-likeness (QED) is 0.886. The van der Waals surface area contributed by atoms with Gasteiger partial charge in [-0.2, -0.15) is 0 Å². The lowest BCUT2D eigenvalue weighted by Gasteiger charge is -2.40. The molecule has 2 N–H and O–H groups in total. The second kappa shape index (κ2) is 7.54. The van der Waals surface area contributed by atoms with Crippen LogP contribution < -0.4 is 15.4 Å². The van der Waals surface area contributed by atoms with Gasteiger partial charge in [-0.05, 0) is 38.8 Å². The Balaban J connectivity index is 0.00000192. The SMILES string of the molecule is CNCC(C)C(=O)NC1CC2(CCCC2)Oc2ccccc21.Cl. The summed E-state index contributed by atoms with van der Waals surface area (Å²) >= 11 is 0. The van der Waals surface area contributed by atoms with E-state index in [-0.39, 0.29) is 35.9 Å². The number of hydrogen-bond donors (Lipinski definition) is 2. The van der Waals surface area contributed by atoms with Crippen molar-refractivity contribution in [2.75, 3.05) is 13.6 Å². The summed E-state index contributed by atoms with van der Waals surface area (Å²) in [5, 5.41) is 6.32. The predicted molar refractivity (Wildman–Crippen MR) is 94.1 cm³/mol. The Morgan fingerprint density at radius 2 is 2.04 bits per heavy atom. The number of benzene rings is 1. The van der Waals surface area contributed by atoms with E-state index in [1.54, 1.807) is 0 Å². The van der Waals surface area contributed by atoms with Crippen LogP contribution in [0.3, 0.4) is 0 Å². The molecule has 1 aliphatic carbocycles. The molecule has 1 heterocycles. The summed E-state index contributed by atoms with van der Waals surface area (Å²) in [6.07, 6.45) is 5.53. The minimum Gasteiger partial charge on any atom is -0.487 e. The molecule has 1 amide bonds. The average molecular weight is 339 g/mol. The number of halogens is 1. The zero-order valence-corrected chi connectivity index (χ0v) is 14.7. The maximum absolute atomic E-state index is 12.4. The number of fused-ring (bicyclic) bond motifs is 1. The van der Waals surface area contributed by atoms with Gasteiger partial charge in [-0.15, -0.1) is 12.4 Å². The second-order valence-electron chi connectivity index (χ2n) is 6.75. The van der Waals surface area contributed by atoms with Crippen LogP contribution in [0, 0.1) is 5.92 Å². The Morgan fingerprint density at radius 3 is 2.74 bits per heavy atom. The van der Waals surface area contributed by atoms with Crippen LogP contribution in [-0.4, -0.2) is 25.1 Å². The number of amides is 1. The Bertz CT molecular complexity index is 544. The first kappa shape index (κ1) is 18.1. The minimum atomic E-state index is -0.0709. The molecule has 0 bridgehead atoms.